The number of rotatable bonds is 1. The number of hydrogen-bond acceptors (Lipinski definition) is 1. The van der Waals surface area contributed by atoms with Gasteiger partial charge in [0.1, 0.15) is 5.69 Å². The van der Waals surface area contributed by atoms with Gasteiger partial charge in [-0.15, -0.1) is 0 Å². The molecule has 1 radical (unpaired) electrons. The van der Waals surface area contributed by atoms with Crippen molar-refractivity contribution in [2.45, 2.75) is 6.92 Å². The van der Waals surface area contributed by atoms with Crippen LogP contribution in [0.1, 0.15) is 16.1 Å². The van der Waals surface area contributed by atoms with Crippen LogP contribution in [0.5, 0.6) is 0 Å². The van der Waals surface area contributed by atoms with Gasteiger partial charge in [0, 0.05) is 18.0 Å². The Morgan fingerprint density at radius 1 is 1.50 bits per heavy atom. The summed E-state index contributed by atoms with van der Waals surface area (Å²) in [6, 6.07) is 8.76. The van der Waals surface area contributed by atoms with Gasteiger partial charge in [-0.25, -0.2) is 0 Å². The van der Waals surface area contributed by atoms with E-state index in [4.69, 9.17) is 5.73 Å². The molecule has 3 heteroatoms. The van der Waals surface area contributed by atoms with Gasteiger partial charge in [-0.05, 0) is 36.8 Å². The first-order valence-corrected chi connectivity index (χ1v) is 4.37. The SMILES string of the molecule is Cc1[c]cc2c(c1)cc(C(N)=O)n2C. The van der Waals surface area contributed by atoms with Gasteiger partial charge >= 0.3 is 0 Å². The molecule has 2 N–H and O–H groups in total. The van der Waals surface area contributed by atoms with Crippen molar-refractivity contribution in [1.29, 1.82) is 0 Å². The molecule has 1 aromatic heterocycles. The number of fused-ring (bicyclic) bond motifs is 1. The first-order valence-electron chi connectivity index (χ1n) is 4.37. The smallest absolute Gasteiger partial charge is 0.265 e. The van der Waals surface area contributed by atoms with Gasteiger partial charge in [0.05, 0.1) is 0 Å². The number of hydrogen-bond donors (Lipinski definition) is 1. The Labute approximate surface area is 82.1 Å². The second-order valence-electron chi connectivity index (χ2n) is 3.41. The van der Waals surface area contributed by atoms with Crippen LogP contribution in [0.4, 0.5) is 0 Å². The van der Waals surface area contributed by atoms with E-state index in [0.717, 1.165) is 16.5 Å². The van der Waals surface area contributed by atoms with E-state index in [9.17, 15) is 4.79 Å². The van der Waals surface area contributed by atoms with Crippen LogP contribution in [-0.2, 0) is 7.05 Å². The molecule has 0 unspecified atom stereocenters. The molecule has 0 saturated carbocycles. The van der Waals surface area contributed by atoms with Crippen molar-refractivity contribution in [3.8, 4) is 0 Å². The molecule has 0 saturated heterocycles. The van der Waals surface area contributed by atoms with E-state index in [-0.39, 0.29) is 0 Å². The zero-order valence-electron chi connectivity index (χ0n) is 8.16. The van der Waals surface area contributed by atoms with Gasteiger partial charge < -0.3 is 10.3 Å². The number of nitrogens with two attached hydrogens (primary N) is 1. The summed E-state index contributed by atoms with van der Waals surface area (Å²) in [6.07, 6.45) is 0. The molecule has 2 aromatic rings. The lowest BCUT2D eigenvalue weighted by molar-refractivity contribution is 0.0993. The fourth-order valence-electron chi connectivity index (χ4n) is 1.63. The number of amides is 1. The Bertz CT molecular complexity index is 511. The number of benzene rings is 1. The fraction of sp³-hybridized carbons (Fsp3) is 0.182. The molecule has 14 heavy (non-hydrogen) atoms. The standard InChI is InChI=1S/C11H11N2O/c1-7-3-4-9-8(5-7)6-10(11(12)14)13(9)2/h4-6H,1-2H3,(H2,12,14). The van der Waals surface area contributed by atoms with Crippen molar-refractivity contribution in [3.05, 3.63) is 35.5 Å². The molecule has 0 spiro atoms. The highest BCUT2D eigenvalue weighted by Crippen LogP contribution is 2.19. The Morgan fingerprint density at radius 2 is 2.21 bits per heavy atom. The summed E-state index contributed by atoms with van der Waals surface area (Å²) in [5.41, 5.74) is 7.80. The highest BCUT2D eigenvalue weighted by atomic mass is 16.1. The summed E-state index contributed by atoms with van der Waals surface area (Å²) in [4.78, 5) is 11.1. The quantitative estimate of drug-likeness (QED) is 0.720. The molecule has 3 nitrogen and oxygen atoms in total. The zero-order chi connectivity index (χ0) is 10.3. The molecule has 1 heterocycles. The number of aromatic nitrogens is 1. The molecule has 0 aliphatic heterocycles. The van der Waals surface area contributed by atoms with E-state index < -0.39 is 5.91 Å². The fourth-order valence-corrected chi connectivity index (χ4v) is 1.63. The van der Waals surface area contributed by atoms with E-state index in [1.54, 1.807) is 10.6 Å². The van der Waals surface area contributed by atoms with Crippen molar-refractivity contribution in [2.75, 3.05) is 0 Å². The Hall–Kier alpha value is -1.77. The predicted octanol–water partition coefficient (Wildman–Crippen LogP) is 1.39. The average Bonchev–Trinajstić information content (AvgIpc) is 2.43. The summed E-state index contributed by atoms with van der Waals surface area (Å²) in [7, 11) is 1.82. The largest absolute Gasteiger partial charge is 0.364 e. The van der Waals surface area contributed by atoms with Crippen LogP contribution in [0.25, 0.3) is 10.9 Å². The molecule has 2 rings (SSSR count). The lowest BCUT2D eigenvalue weighted by Crippen LogP contribution is -2.14. The summed E-state index contributed by atoms with van der Waals surface area (Å²) in [5.74, 6) is -0.402. The maximum atomic E-state index is 11.1. The van der Waals surface area contributed by atoms with E-state index in [1.807, 2.05) is 26.1 Å². The van der Waals surface area contributed by atoms with Gasteiger partial charge in [0.15, 0.2) is 0 Å². The van der Waals surface area contributed by atoms with Crippen molar-refractivity contribution < 1.29 is 4.79 Å². The van der Waals surface area contributed by atoms with E-state index in [0.29, 0.717) is 5.69 Å². The highest BCUT2D eigenvalue weighted by molar-refractivity contribution is 5.97. The first kappa shape index (κ1) is 8.81. The van der Waals surface area contributed by atoms with Gasteiger partial charge in [0.2, 0.25) is 0 Å². The minimum Gasteiger partial charge on any atom is -0.364 e. The van der Waals surface area contributed by atoms with E-state index in [1.165, 1.54) is 0 Å². The topological polar surface area (TPSA) is 48.0 Å². The molecule has 0 aliphatic carbocycles. The third-order valence-corrected chi connectivity index (χ3v) is 2.37. The third-order valence-electron chi connectivity index (χ3n) is 2.37. The zero-order valence-corrected chi connectivity index (χ0v) is 8.16. The molecule has 0 atom stereocenters. The molecule has 1 amide bonds. The Morgan fingerprint density at radius 3 is 2.86 bits per heavy atom. The van der Waals surface area contributed by atoms with E-state index >= 15 is 0 Å². The molecular weight excluding hydrogens is 176 g/mol. The van der Waals surface area contributed by atoms with E-state index in [2.05, 4.69) is 6.07 Å². The number of carbonyl (C=O) groups is 1. The average molecular weight is 187 g/mol. The van der Waals surface area contributed by atoms with Crippen molar-refractivity contribution >= 4 is 16.8 Å². The van der Waals surface area contributed by atoms with Crippen LogP contribution in [-0.4, -0.2) is 10.5 Å². The van der Waals surface area contributed by atoms with Crippen molar-refractivity contribution in [1.82, 2.24) is 4.57 Å². The molecular formula is C11H11N2O. The summed E-state index contributed by atoms with van der Waals surface area (Å²) in [5, 5.41) is 1.03. The second-order valence-corrected chi connectivity index (χ2v) is 3.41. The molecule has 0 bridgehead atoms. The Balaban J connectivity index is 2.79. The maximum absolute atomic E-state index is 11.1. The minimum atomic E-state index is -0.402. The van der Waals surface area contributed by atoms with Crippen LogP contribution in [0.2, 0.25) is 0 Å². The minimum absolute atomic E-state index is 0.402. The van der Waals surface area contributed by atoms with Crippen LogP contribution in [0, 0.1) is 13.0 Å². The highest BCUT2D eigenvalue weighted by Gasteiger charge is 2.09. The van der Waals surface area contributed by atoms with Gasteiger partial charge in [-0.2, -0.15) is 0 Å². The van der Waals surface area contributed by atoms with Crippen molar-refractivity contribution in [2.24, 2.45) is 12.8 Å². The van der Waals surface area contributed by atoms with Gasteiger partial charge in [0.25, 0.3) is 5.91 Å². The Kier molecular flexibility index (Phi) is 1.81. The normalized spacial score (nSPS) is 10.7. The number of nitrogens with zero attached hydrogens (tertiary/aromatic N) is 1. The van der Waals surface area contributed by atoms with Crippen LogP contribution in [0.15, 0.2) is 18.2 Å². The van der Waals surface area contributed by atoms with Crippen LogP contribution < -0.4 is 5.73 Å². The second kappa shape index (κ2) is 2.87. The number of aryl methyl sites for hydroxylation is 2. The number of carbonyl (C=O) groups excluding carboxylic acids is 1. The van der Waals surface area contributed by atoms with Gasteiger partial charge in [-0.3, -0.25) is 4.79 Å². The molecule has 1 aromatic carbocycles. The third kappa shape index (κ3) is 1.18. The van der Waals surface area contributed by atoms with Gasteiger partial charge in [-0.1, -0.05) is 0 Å². The first-order chi connectivity index (χ1) is 6.59. The molecule has 0 fully saturated rings. The molecule has 0 aliphatic rings. The lowest BCUT2D eigenvalue weighted by atomic mass is 10.2. The lowest BCUT2D eigenvalue weighted by Gasteiger charge is -1.99. The van der Waals surface area contributed by atoms with Crippen LogP contribution in [0.3, 0.4) is 0 Å². The summed E-state index contributed by atoms with van der Waals surface area (Å²) >= 11 is 0. The predicted molar refractivity (Wildman–Crippen MR) is 55.0 cm³/mol. The monoisotopic (exact) mass is 187 g/mol. The number of primary amides is 1. The molecule has 71 valence electrons. The summed E-state index contributed by atoms with van der Waals surface area (Å²) in [6.45, 7) is 1.97. The maximum Gasteiger partial charge on any atom is 0.265 e. The summed E-state index contributed by atoms with van der Waals surface area (Å²) < 4.78 is 1.79. The van der Waals surface area contributed by atoms with Crippen LogP contribution >= 0.6 is 0 Å². The van der Waals surface area contributed by atoms with Crippen molar-refractivity contribution in [3.63, 3.8) is 0 Å².